The molecule has 0 radical (unpaired) electrons. The first-order chi connectivity index (χ1) is 16.1. The second kappa shape index (κ2) is 10.6. The minimum absolute atomic E-state index is 0.0831. The summed E-state index contributed by atoms with van der Waals surface area (Å²) in [5.41, 5.74) is 3.04. The van der Waals surface area contributed by atoms with Crippen molar-refractivity contribution in [3.8, 4) is 5.75 Å². The molecule has 0 atom stereocenters. The molecule has 1 aliphatic heterocycles. The van der Waals surface area contributed by atoms with Crippen molar-refractivity contribution in [3.05, 3.63) is 89.7 Å². The molecule has 1 heterocycles. The number of nitrogens with zero attached hydrogens (tertiary/aromatic N) is 1. The first kappa shape index (κ1) is 22.3. The Labute approximate surface area is 192 Å². The average Bonchev–Trinajstić information content (AvgIpc) is 2.83. The SMILES string of the molecule is O=C(CN1CCCc2c(NC(=O)c3ccc(F)cc3)cccc21)NCCOc1ccccc1. The van der Waals surface area contributed by atoms with Crippen LogP contribution >= 0.6 is 0 Å². The lowest BCUT2D eigenvalue weighted by Crippen LogP contribution is -2.41. The summed E-state index contributed by atoms with van der Waals surface area (Å²) in [6.45, 7) is 1.80. The Balaban J connectivity index is 1.35. The summed E-state index contributed by atoms with van der Waals surface area (Å²) in [4.78, 5) is 27.1. The van der Waals surface area contributed by atoms with Gasteiger partial charge in [0.05, 0.1) is 13.1 Å². The number of carbonyl (C=O) groups is 2. The lowest BCUT2D eigenvalue weighted by Gasteiger charge is -2.32. The number of ether oxygens (including phenoxy) is 1. The maximum absolute atomic E-state index is 13.1. The number of halogens is 1. The monoisotopic (exact) mass is 447 g/mol. The van der Waals surface area contributed by atoms with Gasteiger partial charge in [-0.05, 0) is 66.9 Å². The number of benzene rings is 3. The van der Waals surface area contributed by atoms with E-state index in [1.165, 1.54) is 24.3 Å². The minimum atomic E-state index is -0.385. The molecule has 3 aromatic carbocycles. The van der Waals surface area contributed by atoms with E-state index < -0.39 is 0 Å². The highest BCUT2D eigenvalue weighted by molar-refractivity contribution is 6.05. The smallest absolute Gasteiger partial charge is 0.255 e. The fourth-order valence-electron chi connectivity index (χ4n) is 3.88. The van der Waals surface area contributed by atoms with Crippen molar-refractivity contribution < 1.29 is 18.7 Å². The van der Waals surface area contributed by atoms with Gasteiger partial charge in [0.1, 0.15) is 18.2 Å². The Morgan fingerprint density at radius 2 is 1.76 bits per heavy atom. The van der Waals surface area contributed by atoms with Crippen LogP contribution in [0.1, 0.15) is 22.3 Å². The Hall–Kier alpha value is -3.87. The standard InChI is InChI=1S/C26H26FN3O3/c27-20-13-11-19(12-14-20)26(32)29-23-9-4-10-24-22(23)8-5-16-30(24)18-25(31)28-15-17-33-21-6-2-1-3-7-21/h1-4,6-7,9-14H,5,8,15-18H2,(H,28,31)(H,29,32). The van der Waals surface area contributed by atoms with Gasteiger partial charge in [0, 0.05) is 23.5 Å². The van der Waals surface area contributed by atoms with Gasteiger partial charge < -0.3 is 20.3 Å². The number of hydrogen-bond donors (Lipinski definition) is 2. The average molecular weight is 448 g/mol. The third-order valence-electron chi connectivity index (χ3n) is 5.47. The summed E-state index contributed by atoms with van der Waals surface area (Å²) in [5.74, 6) is 0.00746. The molecule has 0 saturated carbocycles. The van der Waals surface area contributed by atoms with E-state index in [0.29, 0.717) is 24.4 Å². The lowest BCUT2D eigenvalue weighted by molar-refractivity contribution is -0.119. The fourth-order valence-corrected chi connectivity index (χ4v) is 3.88. The van der Waals surface area contributed by atoms with Crippen LogP contribution in [0.5, 0.6) is 5.75 Å². The van der Waals surface area contributed by atoms with E-state index in [-0.39, 0.29) is 24.2 Å². The zero-order valence-electron chi connectivity index (χ0n) is 18.2. The third kappa shape index (κ3) is 5.88. The summed E-state index contributed by atoms with van der Waals surface area (Å²) < 4.78 is 18.8. The van der Waals surface area contributed by atoms with Crippen LogP contribution in [0.25, 0.3) is 0 Å². The van der Waals surface area contributed by atoms with Gasteiger partial charge in [-0.2, -0.15) is 0 Å². The van der Waals surface area contributed by atoms with Crippen molar-refractivity contribution in [3.63, 3.8) is 0 Å². The van der Waals surface area contributed by atoms with E-state index in [1.807, 2.05) is 53.4 Å². The van der Waals surface area contributed by atoms with E-state index in [0.717, 1.165) is 36.4 Å². The molecular weight excluding hydrogens is 421 g/mol. The van der Waals surface area contributed by atoms with Gasteiger partial charge in [0.2, 0.25) is 5.91 Å². The molecule has 33 heavy (non-hydrogen) atoms. The van der Waals surface area contributed by atoms with Gasteiger partial charge in [-0.3, -0.25) is 9.59 Å². The molecule has 4 rings (SSSR count). The number of amides is 2. The van der Waals surface area contributed by atoms with Gasteiger partial charge in [-0.1, -0.05) is 24.3 Å². The highest BCUT2D eigenvalue weighted by Crippen LogP contribution is 2.33. The van der Waals surface area contributed by atoms with Crippen LogP contribution in [0.2, 0.25) is 0 Å². The number of anilines is 2. The second-order valence-corrected chi connectivity index (χ2v) is 7.80. The summed E-state index contributed by atoms with van der Waals surface area (Å²) in [7, 11) is 0. The van der Waals surface area contributed by atoms with Crippen molar-refractivity contribution in [1.82, 2.24) is 5.32 Å². The van der Waals surface area contributed by atoms with Crippen LogP contribution in [0.4, 0.5) is 15.8 Å². The van der Waals surface area contributed by atoms with E-state index in [1.54, 1.807) is 0 Å². The number of fused-ring (bicyclic) bond motifs is 1. The zero-order chi connectivity index (χ0) is 23.0. The molecule has 0 aliphatic carbocycles. The van der Waals surface area contributed by atoms with Crippen molar-refractivity contribution in [2.24, 2.45) is 0 Å². The van der Waals surface area contributed by atoms with Crippen LogP contribution in [0.3, 0.4) is 0 Å². The quantitative estimate of drug-likeness (QED) is 0.512. The van der Waals surface area contributed by atoms with Gasteiger partial charge in [0.25, 0.3) is 5.91 Å². The van der Waals surface area contributed by atoms with Crippen molar-refractivity contribution in [2.75, 3.05) is 36.5 Å². The molecule has 0 unspecified atom stereocenters. The van der Waals surface area contributed by atoms with Gasteiger partial charge in [0.15, 0.2) is 0 Å². The van der Waals surface area contributed by atoms with Crippen molar-refractivity contribution in [2.45, 2.75) is 12.8 Å². The normalized spacial score (nSPS) is 12.6. The Kier molecular flexibility index (Phi) is 7.19. The van der Waals surface area contributed by atoms with Gasteiger partial charge >= 0.3 is 0 Å². The molecule has 6 nitrogen and oxygen atoms in total. The van der Waals surface area contributed by atoms with Gasteiger partial charge in [-0.15, -0.1) is 0 Å². The van der Waals surface area contributed by atoms with E-state index >= 15 is 0 Å². The highest BCUT2D eigenvalue weighted by Gasteiger charge is 2.22. The fraction of sp³-hybridized carbons (Fsp3) is 0.231. The van der Waals surface area contributed by atoms with Crippen molar-refractivity contribution in [1.29, 1.82) is 0 Å². The van der Waals surface area contributed by atoms with Crippen LogP contribution in [0.15, 0.2) is 72.8 Å². The number of carbonyl (C=O) groups excluding carboxylic acids is 2. The van der Waals surface area contributed by atoms with E-state index in [9.17, 15) is 14.0 Å². The maximum atomic E-state index is 13.1. The largest absolute Gasteiger partial charge is 0.492 e. The number of nitrogens with one attached hydrogen (secondary N) is 2. The maximum Gasteiger partial charge on any atom is 0.255 e. The molecule has 0 fully saturated rings. The zero-order valence-corrected chi connectivity index (χ0v) is 18.2. The molecule has 3 aromatic rings. The Bertz CT molecular complexity index is 1100. The van der Waals surface area contributed by atoms with Crippen LogP contribution in [0, 0.1) is 5.82 Å². The summed E-state index contributed by atoms with van der Waals surface area (Å²) in [5, 5.41) is 5.83. The molecule has 0 spiro atoms. The van der Waals surface area contributed by atoms with E-state index in [2.05, 4.69) is 10.6 Å². The number of hydrogen-bond acceptors (Lipinski definition) is 4. The molecule has 170 valence electrons. The number of rotatable bonds is 8. The molecule has 0 saturated heterocycles. The van der Waals surface area contributed by atoms with Crippen LogP contribution < -0.4 is 20.3 Å². The molecule has 2 amide bonds. The molecule has 1 aliphatic rings. The second-order valence-electron chi connectivity index (χ2n) is 7.80. The molecule has 2 N–H and O–H groups in total. The molecule has 0 aromatic heterocycles. The van der Waals surface area contributed by atoms with Crippen LogP contribution in [-0.2, 0) is 11.2 Å². The highest BCUT2D eigenvalue weighted by atomic mass is 19.1. The van der Waals surface area contributed by atoms with Gasteiger partial charge in [-0.25, -0.2) is 4.39 Å². The number of para-hydroxylation sites is 1. The topological polar surface area (TPSA) is 70.7 Å². The summed E-state index contributed by atoms with van der Waals surface area (Å²) >= 11 is 0. The molecule has 0 bridgehead atoms. The molecular formula is C26H26FN3O3. The lowest BCUT2D eigenvalue weighted by atomic mass is 9.99. The third-order valence-corrected chi connectivity index (χ3v) is 5.47. The minimum Gasteiger partial charge on any atom is -0.492 e. The van der Waals surface area contributed by atoms with Crippen molar-refractivity contribution >= 4 is 23.2 Å². The summed E-state index contributed by atoms with van der Waals surface area (Å²) in [6, 6.07) is 20.6. The Morgan fingerprint density at radius 3 is 2.55 bits per heavy atom. The first-order valence-corrected chi connectivity index (χ1v) is 11.0. The predicted molar refractivity (Wildman–Crippen MR) is 126 cm³/mol. The Morgan fingerprint density at radius 1 is 0.970 bits per heavy atom. The summed E-state index contributed by atoms with van der Waals surface area (Å²) in [6.07, 6.45) is 1.68. The van der Waals surface area contributed by atoms with Crippen LogP contribution in [-0.4, -0.2) is 38.1 Å². The first-order valence-electron chi connectivity index (χ1n) is 11.0. The predicted octanol–water partition coefficient (Wildman–Crippen LogP) is 4.03. The van der Waals surface area contributed by atoms with E-state index in [4.69, 9.17) is 4.74 Å². The molecule has 7 heteroatoms.